The van der Waals surface area contributed by atoms with E-state index in [0.29, 0.717) is 22.7 Å². The van der Waals surface area contributed by atoms with Crippen LogP contribution >= 0.6 is 27.3 Å². The summed E-state index contributed by atoms with van der Waals surface area (Å²) in [7, 11) is 0. The topological polar surface area (TPSA) is 58.2 Å². The fraction of sp³-hybridized carbons (Fsp3) is 0.200. The van der Waals surface area contributed by atoms with E-state index >= 15 is 0 Å². The number of amides is 2. The van der Waals surface area contributed by atoms with Crippen molar-refractivity contribution in [3.8, 4) is 0 Å². The Balaban J connectivity index is 2.18. The first-order chi connectivity index (χ1) is 10.0. The Morgan fingerprint density at radius 1 is 1.14 bits per heavy atom. The SMILES string of the molecule is CCC(=O)Nc1cccc(NC(=O)c2ccc(Br)s2)c1C. The Hall–Kier alpha value is -1.66. The maximum atomic E-state index is 12.2. The Labute approximate surface area is 135 Å². The van der Waals surface area contributed by atoms with E-state index < -0.39 is 0 Å². The standard InChI is InChI=1S/C15H15BrN2O2S/c1-3-14(19)17-10-5-4-6-11(9(10)2)18-15(20)12-7-8-13(16)21-12/h4-8H,3H2,1-2H3,(H,17,19)(H,18,20). The predicted molar refractivity (Wildman–Crippen MR) is 90.1 cm³/mol. The zero-order chi connectivity index (χ0) is 15.4. The van der Waals surface area contributed by atoms with Crippen molar-refractivity contribution < 1.29 is 9.59 Å². The largest absolute Gasteiger partial charge is 0.326 e. The lowest BCUT2D eigenvalue weighted by molar-refractivity contribution is -0.115. The number of halogens is 1. The van der Waals surface area contributed by atoms with Crippen LogP contribution in [0.5, 0.6) is 0 Å². The van der Waals surface area contributed by atoms with E-state index in [-0.39, 0.29) is 11.8 Å². The van der Waals surface area contributed by atoms with Gasteiger partial charge >= 0.3 is 0 Å². The highest BCUT2D eigenvalue weighted by Crippen LogP contribution is 2.26. The van der Waals surface area contributed by atoms with E-state index in [1.54, 1.807) is 19.1 Å². The van der Waals surface area contributed by atoms with Gasteiger partial charge in [0.05, 0.1) is 8.66 Å². The second-order valence-corrected chi connectivity index (χ2v) is 6.90. The van der Waals surface area contributed by atoms with E-state index in [9.17, 15) is 9.59 Å². The number of carbonyl (C=O) groups is 2. The molecule has 0 radical (unpaired) electrons. The molecule has 0 bridgehead atoms. The van der Waals surface area contributed by atoms with Crippen molar-refractivity contribution in [2.45, 2.75) is 20.3 Å². The van der Waals surface area contributed by atoms with Gasteiger partial charge < -0.3 is 10.6 Å². The number of rotatable bonds is 4. The molecule has 2 aromatic rings. The first-order valence-corrected chi connectivity index (χ1v) is 8.08. The van der Waals surface area contributed by atoms with Crippen molar-refractivity contribution in [2.75, 3.05) is 10.6 Å². The fourth-order valence-corrected chi connectivity index (χ4v) is 3.05. The number of hydrogen-bond donors (Lipinski definition) is 2. The van der Waals surface area contributed by atoms with Crippen LogP contribution in [0.15, 0.2) is 34.1 Å². The number of anilines is 2. The molecule has 0 atom stereocenters. The smallest absolute Gasteiger partial charge is 0.265 e. The molecule has 1 heterocycles. The van der Waals surface area contributed by atoms with E-state index in [2.05, 4.69) is 26.6 Å². The third kappa shape index (κ3) is 3.92. The van der Waals surface area contributed by atoms with Crippen molar-refractivity contribution in [3.05, 3.63) is 44.6 Å². The van der Waals surface area contributed by atoms with Gasteiger partial charge in [-0.3, -0.25) is 9.59 Å². The summed E-state index contributed by atoms with van der Waals surface area (Å²) in [4.78, 5) is 24.3. The minimum atomic E-state index is -0.159. The quantitative estimate of drug-likeness (QED) is 0.841. The number of thiophene rings is 1. The summed E-state index contributed by atoms with van der Waals surface area (Å²) in [6.45, 7) is 3.66. The van der Waals surface area contributed by atoms with Gasteiger partial charge in [-0.05, 0) is 52.7 Å². The number of nitrogens with one attached hydrogen (secondary N) is 2. The van der Waals surface area contributed by atoms with Crippen molar-refractivity contribution >= 4 is 50.5 Å². The highest BCUT2D eigenvalue weighted by atomic mass is 79.9. The van der Waals surface area contributed by atoms with Crippen molar-refractivity contribution in [1.29, 1.82) is 0 Å². The van der Waals surface area contributed by atoms with E-state index in [1.807, 2.05) is 25.1 Å². The van der Waals surface area contributed by atoms with Gasteiger partial charge in [-0.1, -0.05) is 13.0 Å². The van der Waals surface area contributed by atoms with Crippen molar-refractivity contribution in [2.24, 2.45) is 0 Å². The molecular formula is C15H15BrN2O2S. The lowest BCUT2D eigenvalue weighted by Crippen LogP contribution is -2.14. The Bertz CT molecular complexity index is 682. The minimum Gasteiger partial charge on any atom is -0.326 e. The molecule has 2 N–H and O–H groups in total. The number of hydrogen-bond acceptors (Lipinski definition) is 3. The molecule has 21 heavy (non-hydrogen) atoms. The van der Waals surface area contributed by atoms with Gasteiger partial charge in [-0.25, -0.2) is 0 Å². The first-order valence-electron chi connectivity index (χ1n) is 6.47. The van der Waals surface area contributed by atoms with Gasteiger partial charge in [-0.15, -0.1) is 11.3 Å². The minimum absolute atomic E-state index is 0.0521. The monoisotopic (exact) mass is 366 g/mol. The molecule has 0 aliphatic heterocycles. The fourth-order valence-electron chi connectivity index (χ4n) is 1.77. The summed E-state index contributed by atoms with van der Waals surface area (Å²) < 4.78 is 0.910. The summed E-state index contributed by atoms with van der Waals surface area (Å²) in [5, 5.41) is 5.69. The summed E-state index contributed by atoms with van der Waals surface area (Å²) >= 11 is 4.71. The van der Waals surface area contributed by atoms with Crippen LogP contribution in [0.2, 0.25) is 0 Å². The second kappa shape index (κ2) is 6.87. The number of carbonyl (C=O) groups excluding carboxylic acids is 2. The van der Waals surface area contributed by atoms with Crippen LogP contribution in [0.25, 0.3) is 0 Å². The normalized spacial score (nSPS) is 10.2. The van der Waals surface area contributed by atoms with Crippen molar-refractivity contribution in [1.82, 2.24) is 0 Å². The zero-order valence-corrected chi connectivity index (χ0v) is 14.1. The van der Waals surface area contributed by atoms with Gasteiger partial charge in [0, 0.05) is 17.8 Å². The van der Waals surface area contributed by atoms with Crippen LogP contribution < -0.4 is 10.6 Å². The molecule has 1 aromatic carbocycles. The highest BCUT2D eigenvalue weighted by molar-refractivity contribution is 9.11. The van der Waals surface area contributed by atoms with Gasteiger partial charge in [0.15, 0.2) is 0 Å². The lowest BCUT2D eigenvalue weighted by atomic mass is 10.1. The summed E-state index contributed by atoms with van der Waals surface area (Å²) in [6, 6.07) is 9.04. The van der Waals surface area contributed by atoms with Gasteiger partial charge in [0.25, 0.3) is 5.91 Å². The molecule has 0 saturated heterocycles. The van der Waals surface area contributed by atoms with Gasteiger partial charge in [0.1, 0.15) is 0 Å². The second-order valence-electron chi connectivity index (χ2n) is 4.44. The van der Waals surface area contributed by atoms with Crippen LogP contribution in [-0.2, 0) is 4.79 Å². The molecule has 6 heteroatoms. The van der Waals surface area contributed by atoms with Crippen LogP contribution in [0, 0.1) is 6.92 Å². The molecule has 1 aromatic heterocycles. The van der Waals surface area contributed by atoms with Gasteiger partial charge in [-0.2, -0.15) is 0 Å². The molecule has 110 valence electrons. The van der Waals surface area contributed by atoms with E-state index in [0.717, 1.165) is 9.35 Å². The Kier molecular flexibility index (Phi) is 5.14. The maximum absolute atomic E-state index is 12.2. The van der Waals surface area contributed by atoms with E-state index in [1.165, 1.54) is 11.3 Å². The Morgan fingerprint density at radius 3 is 2.38 bits per heavy atom. The molecule has 0 spiro atoms. The summed E-state index contributed by atoms with van der Waals surface area (Å²) in [5.41, 5.74) is 2.24. The molecule has 4 nitrogen and oxygen atoms in total. The maximum Gasteiger partial charge on any atom is 0.265 e. The molecule has 0 unspecified atom stereocenters. The Morgan fingerprint density at radius 2 is 1.81 bits per heavy atom. The molecular weight excluding hydrogens is 352 g/mol. The average molecular weight is 367 g/mol. The molecule has 0 aliphatic rings. The third-order valence-electron chi connectivity index (χ3n) is 2.97. The predicted octanol–water partition coefficient (Wildman–Crippen LogP) is 4.42. The zero-order valence-electron chi connectivity index (χ0n) is 11.7. The molecule has 0 fully saturated rings. The van der Waals surface area contributed by atoms with E-state index in [4.69, 9.17) is 0 Å². The summed E-state index contributed by atoms with van der Waals surface area (Å²) in [6.07, 6.45) is 0.416. The van der Waals surface area contributed by atoms with Crippen LogP contribution in [0.3, 0.4) is 0 Å². The summed E-state index contributed by atoms with van der Waals surface area (Å²) in [5.74, 6) is -0.212. The first kappa shape index (κ1) is 15.7. The highest BCUT2D eigenvalue weighted by Gasteiger charge is 2.12. The third-order valence-corrected chi connectivity index (χ3v) is 4.60. The molecule has 2 amide bonds. The molecule has 2 rings (SSSR count). The lowest BCUT2D eigenvalue weighted by Gasteiger charge is -2.12. The average Bonchev–Trinajstić information content (AvgIpc) is 2.89. The molecule has 0 saturated carbocycles. The van der Waals surface area contributed by atoms with Crippen molar-refractivity contribution in [3.63, 3.8) is 0 Å². The van der Waals surface area contributed by atoms with Crippen LogP contribution in [-0.4, -0.2) is 11.8 Å². The van der Waals surface area contributed by atoms with Gasteiger partial charge in [0.2, 0.25) is 5.91 Å². The van der Waals surface area contributed by atoms with Crippen LogP contribution in [0.1, 0.15) is 28.6 Å². The number of benzene rings is 1. The van der Waals surface area contributed by atoms with Crippen LogP contribution in [0.4, 0.5) is 11.4 Å². The molecule has 0 aliphatic carbocycles.